The van der Waals surface area contributed by atoms with Crippen LogP contribution < -0.4 is 0 Å². The average molecular weight is 437 g/mol. The number of aromatic nitrogens is 1. The molecule has 5 rings (SSSR count). The molecule has 0 amide bonds. The molecule has 7 heteroatoms. The van der Waals surface area contributed by atoms with Gasteiger partial charge in [0.25, 0.3) is 0 Å². The number of fused-ring (bicyclic) bond motifs is 2. The first-order valence-corrected chi connectivity index (χ1v) is 10.1. The lowest BCUT2D eigenvalue weighted by molar-refractivity contribution is -0.112. The second kappa shape index (κ2) is 7.49. The van der Waals surface area contributed by atoms with Gasteiger partial charge in [0.1, 0.15) is 11.5 Å². The topological polar surface area (TPSA) is 122 Å². The minimum absolute atomic E-state index is 0.0260. The molecule has 0 bridgehead atoms. The van der Waals surface area contributed by atoms with E-state index >= 15 is 0 Å². The van der Waals surface area contributed by atoms with Crippen LogP contribution in [0.2, 0.25) is 0 Å². The molecular formula is C26H15NO6. The van der Waals surface area contributed by atoms with Gasteiger partial charge in [-0.2, -0.15) is 0 Å². The van der Waals surface area contributed by atoms with Crippen molar-refractivity contribution in [2.45, 2.75) is 5.92 Å². The average Bonchev–Trinajstić information content (AvgIpc) is 2.85. The summed E-state index contributed by atoms with van der Waals surface area (Å²) >= 11 is 0. The molecular weight excluding hydrogens is 422 g/mol. The number of Topliss-reactive ketones (excluding diaryl/α,β-unsaturated/α-hetero) is 4. The van der Waals surface area contributed by atoms with E-state index in [9.17, 15) is 29.4 Å². The van der Waals surface area contributed by atoms with Gasteiger partial charge in [0.05, 0.1) is 22.8 Å². The number of carbonyl (C=O) groups is 4. The molecule has 2 N–H and O–H groups in total. The van der Waals surface area contributed by atoms with Crippen molar-refractivity contribution in [2.24, 2.45) is 0 Å². The minimum Gasteiger partial charge on any atom is -0.507 e. The van der Waals surface area contributed by atoms with Crippen LogP contribution >= 0.6 is 0 Å². The van der Waals surface area contributed by atoms with Gasteiger partial charge >= 0.3 is 0 Å². The summed E-state index contributed by atoms with van der Waals surface area (Å²) in [7, 11) is 0. The SMILES string of the molecule is O=C1C(=O)c2ccccc2C(O)=C1C(C1=C(O)c2ccccc2C(=O)C1=O)c1ccccn1. The molecule has 7 nitrogen and oxygen atoms in total. The zero-order chi connectivity index (χ0) is 23.3. The Morgan fingerprint density at radius 3 is 1.39 bits per heavy atom. The molecule has 2 aromatic carbocycles. The Hall–Kier alpha value is -4.65. The summed E-state index contributed by atoms with van der Waals surface area (Å²) in [6, 6.07) is 16.8. The highest BCUT2D eigenvalue weighted by atomic mass is 16.3. The molecule has 0 fully saturated rings. The molecule has 0 unspecified atom stereocenters. The molecule has 0 spiro atoms. The third kappa shape index (κ3) is 2.94. The van der Waals surface area contributed by atoms with Gasteiger partial charge in [-0.1, -0.05) is 54.6 Å². The van der Waals surface area contributed by atoms with Crippen LogP contribution in [0.4, 0.5) is 0 Å². The molecule has 3 aromatic rings. The van der Waals surface area contributed by atoms with Crippen molar-refractivity contribution in [2.75, 3.05) is 0 Å². The number of hydrogen-bond acceptors (Lipinski definition) is 7. The van der Waals surface area contributed by atoms with Crippen molar-refractivity contribution in [1.29, 1.82) is 0 Å². The summed E-state index contributed by atoms with van der Waals surface area (Å²) in [4.78, 5) is 56.4. The van der Waals surface area contributed by atoms with E-state index in [4.69, 9.17) is 0 Å². The van der Waals surface area contributed by atoms with E-state index in [0.29, 0.717) is 0 Å². The highest BCUT2D eigenvalue weighted by molar-refractivity contribution is 6.55. The number of aliphatic hydroxyl groups is 2. The maximum atomic E-state index is 13.2. The lowest BCUT2D eigenvalue weighted by Gasteiger charge is -2.28. The summed E-state index contributed by atoms with van der Waals surface area (Å²) < 4.78 is 0. The fourth-order valence-corrected chi connectivity index (χ4v) is 4.29. The number of hydrogen-bond donors (Lipinski definition) is 2. The summed E-state index contributed by atoms with van der Waals surface area (Å²) in [5, 5.41) is 22.2. The standard InChI is InChI=1S/C26H15NO6/c28-21-13-7-1-3-9-15(13)23(30)25(32)19(21)18(17-11-5-6-12-27-17)20-22(29)14-8-2-4-10-16(14)24(31)26(20)33/h1-12,18,28-29H. The number of benzene rings is 2. The van der Waals surface area contributed by atoms with Gasteiger partial charge in [0, 0.05) is 28.5 Å². The molecule has 33 heavy (non-hydrogen) atoms. The van der Waals surface area contributed by atoms with Crippen molar-refractivity contribution in [3.8, 4) is 0 Å². The monoisotopic (exact) mass is 437 g/mol. The molecule has 0 aliphatic heterocycles. The van der Waals surface area contributed by atoms with E-state index in [1.54, 1.807) is 36.4 Å². The Balaban J connectivity index is 1.85. The van der Waals surface area contributed by atoms with Gasteiger partial charge in [0.15, 0.2) is 0 Å². The number of carbonyl (C=O) groups excluding carboxylic acids is 4. The zero-order valence-electron chi connectivity index (χ0n) is 17.0. The van der Waals surface area contributed by atoms with Crippen molar-refractivity contribution in [3.05, 3.63) is 112 Å². The number of aliphatic hydroxyl groups excluding tert-OH is 2. The Morgan fingerprint density at radius 1 is 0.545 bits per heavy atom. The number of nitrogens with zero attached hydrogens (tertiary/aromatic N) is 1. The molecule has 2 aliphatic rings. The predicted molar refractivity (Wildman–Crippen MR) is 118 cm³/mol. The van der Waals surface area contributed by atoms with Crippen molar-refractivity contribution >= 4 is 34.7 Å². The van der Waals surface area contributed by atoms with Gasteiger partial charge in [-0.3, -0.25) is 24.2 Å². The molecule has 160 valence electrons. The predicted octanol–water partition coefficient (Wildman–Crippen LogP) is 3.63. The molecule has 0 saturated heterocycles. The highest BCUT2D eigenvalue weighted by Crippen LogP contribution is 2.43. The van der Waals surface area contributed by atoms with E-state index in [1.807, 2.05) is 0 Å². The van der Waals surface area contributed by atoms with Crippen molar-refractivity contribution < 1.29 is 29.4 Å². The fourth-order valence-electron chi connectivity index (χ4n) is 4.29. The van der Waals surface area contributed by atoms with Gasteiger partial charge in [-0.05, 0) is 12.1 Å². The van der Waals surface area contributed by atoms with Gasteiger partial charge in [-0.15, -0.1) is 0 Å². The Labute approximate surface area is 187 Å². The first-order valence-electron chi connectivity index (χ1n) is 10.1. The summed E-state index contributed by atoms with van der Waals surface area (Å²) in [6.45, 7) is 0. The Kier molecular flexibility index (Phi) is 4.60. The van der Waals surface area contributed by atoms with Crippen LogP contribution in [0.5, 0.6) is 0 Å². The smallest absolute Gasteiger partial charge is 0.234 e. The number of rotatable bonds is 3. The van der Waals surface area contributed by atoms with Crippen LogP contribution in [0.3, 0.4) is 0 Å². The van der Waals surface area contributed by atoms with Crippen LogP contribution in [0.1, 0.15) is 43.5 Å². The number of pyridine rings is 1. The first kappa shape index (κ1) is 20.3. The summed E-state index contributed by atoms with van der Waals surface area (Å²) in [5.41, 5.74) is -0.432. The first-order chi connectivity index (χ1) is 15.9. The van der Waals surface area contributed by atoms with E-state index in [2.05, 4.69) is 4.98 Å². The lowest BCUT2D eigenvalue weighted by Crippen LogP contribution is -2.33. The van der Waals surface area contributed by atoms with Gasteiger partial charge < -0.3 is 10.2 Å². The Bertz CT molecular complexity index is 1360. The molecule has 1 aromatic heterocycles. The van der Waals surface area contributed by atoms with Crippen LogP contribution in [-0.4, -0.2) is 38.3 Å². The van der Waals surface area contributed by atoms with Crippen LogP contribution in [-0.2, 0) is 9.59 Å². The quantitative estimate of drug-likeness (QED) is 0.600. The van der Waals surface area contributed by atoms with Crippen molar-refractivity contribution in [1.82, 2.24) is 4.98 Å². The van der Waals surface area contributed by atoms with Gasteiger partial charge in [0.2, 0.25) is 23.1 Å². The second-order valence-electron chi connectivity index (χ2n) is 7.62. The molecule has 0 saturated carbocycles. The van der Waals surface area contributed by atoms with E-state index < -0.39 is 51.7 Å². The van der Waals surface area contributed by atoms with E-state index in [1.165, 1.54) is 36.5 Å². The molecule has 0 atom stereocenters. The number of allylic oxidation sites excluding steroid dienone is 2. The minimum atomic E-state index is -1.44. The van der Waals surface area contributed by atoms with Gasteiger partial charge in [-0.25, -0.2) is 0 Å². The Morgan fingerprint density at radius 2 is 0.970 bits per heavy atom. The fraction of sp³-hybridized carbons (Fsp3) is 0.0385. The lowest BCUT2D eigenvalue weighted by atomic mass is 9.73. The molecule has 1 heterocycles. The van der Waals surface area contributed by atoms with Crippen molar-refractivity contribution in [3.63, 3.8) is 0 Å². The second-order valence-corrected chi connectivity index (χ2v) is 7.62. The maximum Gasteiger partial charge on any atom is 0.234 e. The largest absolute Gasteiger partial charge is 0.507 e. The summed E-state index contributed by atoms with van der Waals surface area (Å²) in [6.07, 6.45) is 1.41. The summed E-state index contributed by atoms with van der Waals surface area (Å²) in [5.74, 6) is -6.28. The zero-order valence-corrected chi connectivity index (χ0v) is 17.0. The van der Waals surface area contributed by atoms with E-state index in [-0.39, 0.29) is 27.9 Å². The van der Waals surface area contributed by atoms with E-state index in [0.717, 1.165) is 0 Å². The third-order valence-corrected chi connectivity index (χ3v) is 5.83. The van der Waals surface area contributed by atoms with Crippen LogP contribution in [0.25, 0.3) is 11.5 Å². The molecule has 0 radical (unpaired) electrons. The molecule has 2 aliphatic carbocycles. The van der Waals surface area contributed by atoms with Crippen LogP contribution in [0.15, 0.2) is 84.1 Å². The maximum absolute atomic E-state index is 13.2. The van der Waals surface area contributed by atoms with Crippen LogP contribution in [0, 0.1) is 0 Å². The third-order valence-electron chi connectivity index (χ3n) is 5.83. The highest BCUT2D eigenvalue weighted by Gasteiger charge is 2.45. The number of ketones is 4. The normalized spacial score (nSPS) is 15.8.